The van der Waals surface area contributed by atoms with Crippen LogP contribution in [0.4, 0.5) is 8.78 Å². The molecule has 0 saturated heterocycles. The fourth-order valence-electron chi connectivity index (χ4n) is 1.45. The number of hydrogen-bond donors (Lipinski definition) is 2. The van der Waals surface area contributed by atoms with Gasteiger partial charge in [0.2, 0.25) is 0 Å². The zero-order valence-electron chi connectivity index (χ0n) is 9.88. The first-order valence-electron chi connectivity index (χ1n) is 5.35. The maximum atomic E-state index is 13.8. The minimum atomic E-state index is -0.708. The summed E-state index contributed by atoms with van der Waals surface area (Å²) < 4.78 is 32.8. The van der Waals surface area contributed by atoms with Gasteiger partial charge in [-0.2, -0.15) is 0 Å². The van der Waals surface area contributed by atoms with Gasteiger partial charge in [0.1, 0.15) is 17.4 Å². The number of halogens is 4. The molecule has 0 amide bonds. The van der Waals surface area contributed by atoms with Crippen molar-refractivity contribution < 1.29 is 13.5 Å². The monoisotopic (exact) mass is 360 g/mol. The summed E-state index contributed by atoms with van der Waals surface area (Å²) in [5, 5.41) is 7.14. The second-order valence-corrected chi connectivity index (χ2v) is 5.12. The van der Waals surface area contributed by atoms with Crippen molar-refractivity contribution in [3.63, 3.8) is 0 Å². The molecular formula is C13H8BrClF2N2O. The standard InChI is InChI=1S/C13H8BrClF2N2O/c14-7-4-8(15)9(16)5-12(7)20-11-2-1-6(13(18)19)3-10(11)17/h1-5H,(H3,18,19). The van der Waals surface area contributed by atoms with Crippen molar-refractivity contribution in [1.82, 2.24) is 0 Å². The Morgan fingerprint density at radius 3 is 2.45 bits per heavy atom. The number of nitrogens with two attached hydrogens (primary N) is 1. The van der Waals surface area contributed by atoms with E-state index in [4.69, 9.17) is 27.5 Å². The zero-order chi connectivity index (χ0) is 14.9. The van der Waals surface area contributed by atoms with E-state index in [1.165, 1.54) is 18.2 Å². The molecule has 2 aromatic rings. The van der Waals surface area contributed by atoms with E-state index < -0.39 is 11.6 Å². The van der Waals surface area contributed by atoms with Gasteiger partial charge in [0.05, 0.1) is 9.50 Å². The highest BCUT2D eigenvalue weighted by molar-refractivity contribution is 9.10. The smallest absolute Gasteiger partial charge is 0.166 e. The molecule has 2 rings (SSSR count). The predicted molar refractivity (Wildman–Crippen MR) is 76.6 cm³/mol. The Hall–Kier alpha value is -1.66. The molecule has 0 aliphatic heterocycles. The number of nitrogens with one attached hydrogen (secondary N) is 1. The molecule has 0 heterocycles. The van der Waals surface area contributed by atoms with Gasteiger partial charge in [-0.25, -0.2) is 8.78 Å². The van der Waals surface area contributed by atoms with Gasteiger partial charge in [0.15, 0.2) is 11.6 Å². The van der Waals surface area contributed by atoms with Gasteiger partial charge >= 0.3 is 0 Å². The molecule has 0 aromatic heterocycles. The molecule has 0 radical (unpaired) electrons. The minimum absolute atomic E-state index is 0.0726. The van der Waals surface area contributed by atoms with E-state index in [1.54, 1.807) is 0 Å². The van der Waals surface area contributed by atoms with Crippen LogP contribution >= 0.6 is 27.5 Å². The fourth-order valence-corrected chi connectivity index (χ4v) is 2.17. The summed E-state index contributed by atoms with van der Waals surface area (Å²) >= 11 is 8.75. The Kier molecular flexibility index (Phi) is 4.25. The van der Waals surface area contributed by atoms with E-state index in [2.05, 4.69) is 15.9 Å². The molecule has 0 unspecified atom stereocenters. The van der Waals surface area contributed by atoms with Crippen LogP contribution in [0.3, 0.4) is 0 Å². The number of nitrogen functional groups attached to an aromatic ring is 1. The number of hydrogen-bond acceptors (Lipinski definition) is 2. The van der Waals surface area contributed by atoms with Crippen molar-refractivity contribution in [3.8, 4) is 11.5 Å². The first kappa shape index (κ1) is 14.7. The van der Waals surface area contributed by atoms with Gasteiger partial charge < -0.3 is 10.5 Å². The highest BCUT2D eigenvalue weighted by Gasteiger charge is 2.12. The first-order valence-corrected chi connectivity index (χ1v) is 6.52. The predicted octanol–water partition coefficient (Wildman–Crippen LogP) is 4.46. The van der Waals surface area contributed by atoms with Gasteiger partial charge in [-0.15, -0.1) is 0 Å². The van der Waals surface area contributed by atoms with Crippen LogP contribution in [0.25, 0.3) is 0 Å². The molecule has 7 heteroatoms. The van der Waals surface area contributed by atoms with Crippen LogP contribution in [-0.2, 0) is 0 Å². The lowest BCUT2D eigenvalue weighted by Gasteiger charge is -2.10. The number of amidine groups is 1. The quantitative estimate of drug-likeness (QED) is 0.482. The average molecular weight is 362 g/mol. The molecule has 0 atom stereocenters. The van der Waals surface area contributed by atoms with Crippen LogP contribution in [0.5, 0.6) is 11.5 Å². The number of benzene rings is 2. The van der Waals surface area contributed by atoms with Gasteiger partial charge in [0.25, 0.3) is 0 Å². The molecule has 3 nitrogen and oxygen atoms in total. The van der Waals surface area contributed by atoms with Crippen molar-refractivity contribution in [3.05, 3.63) is 57.0 Å². The van der Waals surface area contributed by atoms with Gasteiger partial charge in [-0.1, -0.05) is 11.6 Å². The summed E-state index contributed by atoms with van der Waals surface area (Å²) in [5.74, 6) is -1.67. The minimum Gasteiger partial charge on any atom is -0.453 e. The molecule has 0 aliphatic carbocycles. The third kappa shape index (κ3) is 3.08. The maximum Gasteiger partial charge on any atom is 0.166 e. The number of ether oxygens (including phenoxy) is 1. The zero-order valence-corrected chi connectivity index (χ0v) is 12.2. The molecule has 104 valence electrons. The summed E-state index contributed by atoms with van der Waals surface area (Å²) in [6.07, 6.45) is 0. The van der Waals surface area contributed by atoms with Crippen molar-refractivity contribution in [2.45, 2.75) is 0 Å². The Labute approximate surface area is 126 Å². The van der Waals surface area contributed by atoms with E-state index >= 15 is 0 Å². The van der Waals surface area contributed by atoms with E-state index in [0.29, 0.717) is 4.47 Å². The molecule has 0 spiro atoms. The van der Waals surface area contributed by atoms with Crippen LogP contribution in [0, 0.1) is 17.0 Å². The summed E-state index contributed by atoms with van der Waals surface area (Å²) in [4.78, 5) is 0. The molecule has 0 saturated carbocycles. The maximum absolute atomic E-state index is 13.8. The molecule has 3 N–H and O–H groups in total. The summed E-state index contributed by atoms with van der Waals surface area (Å²) in [6, 6.07) is 6.17. The Morgan fingerprint density at radius 2 is 1.85 bits per heavy atom. The lowest BCUT2D eigenvalue weighted by molar-refractivity contribution is 0.436. The van der Waals surface area contributed by atoms with Crippen LogP contribution in [0.1, 0.15) is 5.56 Å². The van der Waals surface area contributed by atoms with Crippen molar-refractivity contribution in [2.24, 2.45) is 5.73 Å². The Bertz CT molecular complexity index is 694. The van der Waals surface area contributed by atoms with Crippen molar-refractivity contribution in [2.75, 3.05) is 0 Å². The van der Waals surface area contributed by atoms with E-state index in [9.17, 15) is 8.78 Å². The molecule has 0 fully saturated rings. The Morgan fingerprint density at radius 1 is 1.15 bits per heavy atom. The Balaban J connectivity index is 2.35. The third-order valence-electron chi connectivity index (χ3n) is 2.44. The normalized spacial score (nSPS) is 10.4. The highest BCUT2D eigenvalue weighted by atomic mass is 79.9. The number of rotatable bonds is 3. The van der Waals surface area contributed by atoms with Gasteiger partial charge in [0, 0.05) is 11.6 Å². The van der Waals surface area contributed by atoms with Crippen LogP contribution in [-0.4, -0.2) is 5.84 Å². The topological polar surface area (TPSA) is 59.1 Å². The molecule has 2 aromatic carbocycles. The summed E-state index contributed by atoms with van der Waals surface area (Å²) in [5.41, 5.74) is 5.48. The second kappa shape index (κ2) is 5.76. The largest absolute Gasteiger partial charge is 0.453 e. The lowest BCUT2D eigenvalue weighted by Crippen LogP contribution is -2.11. The van der Waals surface area contributed by atoms with Crippen LogP contribution in [0.2, 0.25) is 5.02 Å². The van der Waals surface area contributed by atoms with Crippen LogP contribution < -0.4 is 10.5 Å². The molecule has 20 heavy (non-hydrogen) atoms. The average Bonchev–Trinajstić information content (AvgIpc) is 2.37. The van der Waals surface area contributed by atoms with Gasteiger partial charge in [-0.05, 0) is 40.2 Å². The first-order chi connectivity index (χ1) is 9.38. The van der Waals surface area contributed by atoms with E-state index in [-0.39, 0.29) is 27.9 Å². The van der Waals surface area contributed by atoms with Crippen molar-refractivity contribution >= 4 is 33.4 Å². The van der Waals surface area contributed by atoms with Crippen molar-refractivity contribution in [1.29, 1.82) is 5.41 Å². The highest BCUT2D eigenvalue weighted by Crippen LogP contribution is 2.34. The third-order valence-corrected chi connectivity index (χ3v) is 3.35. The lowest BCUT2D eigenvalue weighted by atomic mass is 10.2. The fraction of sp³-hybridized carbons (Fsp3) is 0. The second-order valence-electron chi connectivity index (χ2n) is 3.86. The molecule has 0 aliphatic rings. The van der Waals surface area contributed by atoms with Gasteiger partial charge in [-0.3, -0.25) is 5.41 Å². The van der Waals surface area contributed by atoms with E-state index in [1.807, 2.05) is 0 Å². The van der Waals surface area contributed by atoms with Crippen LogP contribution in [0.15, 0.2) is 34.8 Å². The SMILES string of the molecule is N=C(N)c1ccc(Oc2cc(F)c(Cl)cc2Br)c(F)c1. The summed E-state index contributed by atoms with van der Waals surface area (Å²) in [6.45, 7) is 0. The molecule has 0 bridgehead atoms. The molecular weight excluding hydrogens is 354 g/mol. The summed E-state index contributed by atoms with van der Waals surface area (Å²) in [7, 11) is 0. The van der Waals surface area contributed by atoms with E-state index in [0.717, 1.165) is 12.1 Å².